The largest absolute Gasteiger partial charge is 0.464 e. The van der Waals surface area contributed by atoms with Gasteiger partial charge in [-0.2, -0.15) is 0 Å². The Labute approximate surface area is 126 Å². The molecule has 0 radical (unpaired) electrons. The van der Waals surface area contributed by atoms with Crippen molar-refractivity contribution < 1.29 is 18.7 Å². The molecular weight excluding hydrogens is 294 g/mol. The lowest BCUT2D eigenvalue weighted by atomic mass is 10.2. The number of halogens is 1. The smallest absolute Gasteiger partial charge is 0.354 e. The van der Waals surface area contributed by atoms with Crippen LogP contribution in [0.25, 0.3) is 6.08 Å². The lowest BCUT2D eigenvalue weighted by Crippen LogP contribution is -2.27. The Morgan fingerprint density at radius 3 is 2.52 bits per heavy atom. The standard InChI is InChI=1S/C15H12ClNO4/c1-20-15(19)12(9-10-4-6-11(16)7-5-10)17-14(18)13-3-2-8-21-13/h2-9H,1H3,(H,17,18)/b12-9-. The number of methoxy groups -OCH3 is 1. The molecule has 0 saturated carbocycles. The molecule has 0 spiro atoms. The van der Waals surface area contributed by atoms with Crippen molar-refractivity contribution in [3.05, 3.63) is 64.7 Å². The number of carbonyl (C=O) groups is 2. The number of ether oxygens (including phenoxy) is 1. The maximum atomic E-state index is 11.9. The predicted molar refractivity (Wildman–Crippen MR) is 77.6 cm³/mol. The van der Waals surface area contributed by atoms with Gasteiger partial charge < -0.3 is 14.5 Å². The Hall–Kier alpha value is -2.53. The number of amides is 1. The van der Waals surface area contributed by atoms with Crippen LogP contribution < -0.4 is 5.32 Å². The van der Waals surface area contributed by atoms with Crippen LogP contribution in [0.3, 0.4) is 0 Å². The van der Waals surface area contributed by atoms with Gasteiger partial charge in [0.25, 0.3) is 5.91 Å². The minimum absolute atomic E-state index is 0.00113. The highest BCUT2D eigenvalue weighted by Crippen LogP contribution is 2.13. The lowest BCUT2D eigenvalue weighted by molar-refractivity contribution is -0.136. The number of nitrogens with one attached hydrogen (secondary N) is 1. The summed E-state index contributed by atoms with van der Waals surface area (Å²) >= 11 is 5.80. The van der Waals surface area contributed by atoms with Gasteiger partial charge in [0.1, 0.15) is 5.70 Å². The zero-order chi connectivity index (χ0) is 15.2. The van der Waals surface area contributed by atoms with E-state index in [9.17, 15) is 9.59 Å². The van der Waals surface area contributed by atoms with Crippen LogP contribution in [0.1, 0.15) is 16.1 Å². The Balaban J connectivity index is 2.24. The summed E-state index contributed by atoms with van der Waals surface area (Å²) in [6, 6.07) is 9.85. The monoisotopic (exact) mass is 305 g/mol. The molecule has 1 aromatic heterocycles. The third-order valence-corrected chi connectivity index (χ3v) is 2.83. The van der Waals surface area contributed by atoms with Crippen LogP contribution in [0.2, 0.25) is 5.02 Å². The first kappa shape index (κ1) is 14.9. The van der Waals surface area contributed by atoms with Crippen LogP contribution in [-0.4, -0.2) is 19.0 Å². The third kappa shape index (κ3) is 3.97. The number of rotatable bonds is 4. The maximum absolute atomic E-state index is 11.9. The number of hydrogen-bond donors (Lipinski definition) is 1. The second-order valence-corrected chi connectivity index (χ2v) is 4.47. The van der Waals surface area contributed by atoms with E-state index in [1.54, 1.807) is 30.3 Å². The zero-order valence-corrected chi connectivity index (χ0v) is 11.9. The van der Waals surface area contributed by atoms with Gasteiger partial charge in [-0.15, -0.1) is 0 Å². The summed E-state index contributed by atoms with van der Waals surface area (Å²) in [6.07, 6.45) is 2.86. The number of hydrogen-bond acceptors (Lipinski definition) is 4. The minimum Gasteiger partial charge on any atom is -0.464 e. The van der Waals surface area contributed by atoms with Crippen LogP contribution in [0.4, 0.5) is 0 Å². The van der Waals surface area contributed by atoms with Crippen LogP contribution in [0, 0.1) is 0 Å². The summed E-state index contributed by atoms with van der Waals surface area (Å²) in [4.78, 5) is 23.6. The topological polar surface area (TPSA) is 68.5 Å². The molecule has 108 valence electrons. The first-order chi connectivity index (χ1) is 10.1. The fourth-order valence-corrected chi connectivity index (χ4v) is 1.70. The molecule has 1 aromatic carbocycles. The quantitative estimate of drug-likeness (QED) is 0.696. The molecule has 0 atom stereocenters. The molecule has 21 heavy (non-hydrogen) atoms. The van der Waals surface area contributed by atoms with E-state index in [1.165, 1.54) is 25.5 Å². The minimum atomic E-state index is -0.662. The summed E-state index contributed by atoms with van der Waals surface area (Å²) in [7, 11) is 1.23. The first-order valence-electron chi connectivity index (χ1n) is 6.00. The fraction of sp³-hybridized carbons (Fsp3) is 0.0667. The second-order valence-electron chi connectivity index (χ2n) is 4.03. The predicted octanol–water partition coefficient (Wildman–Crippen LogP) is 2.88. The molecule has 0 aliphatic rings. The molecule has 0 saturated heterocycles. The zero-order valence-electron chi connectivity index (χ0n) is 11.1. The third-order valence-electron chi connectivity index (χ3n) is 2.58. The van der Waals surface area contributed by atoms with Crippen molar-refractivity contribution in [1.82, 2.24) is 5.32 Å². The molecule has 0 fully saturated rings. The van der Waals surface area contributed by atoms with Crippen LogP contribution >= 0.6 is 11.6 Å². The van der Waals surface area contributed by atoms with Gasteiger partial charge >= 0.3 is 5.97 Å². The van der Waals surface area contributed by atoms with Gasteiger partial charge in [0, 0.05) is 5.02 Å². The van der Waals surface area contributed by atoms with Gasteiger partial charge in [-0.25, -0.2) is 4.79 Å². The van der Waals surface area contributed by atoms with Crippen molar-refractivity contribution in [1.29, 1.82) is 0 Å². The first-order valence-corrected chi connectivity index (χ1v) is 6.38. The molecule has 5 nitrogen and oxygen atoms in total. The van der Waals surface area contributed by atoms with Crippen molar-refractivity contribution in [2.75, 3.05) is 7.11 Å². The van der Waals surface area contributed by atoms with Crippen molar-refractivity contribution in [3.8, 4) is 0 Å². The van der Waals surface area contributed by atoms with Crippen LogP contribution in [0.15, 0.2) is 52.8 Å². The molecule has 0 bridgehead atoms. The number of furan rings is 1. The summed E-state index contributed by atoms with van der Waals surface area (Å²) in [6.45, 7) is 0. The lowest BCUT2D eigenvalue weighted by Gasteiger charge is -2.07. The summed E-state index contributed by atoms with van der Waals surface area (Å²) in [5.74, 6) is -1.10. The van der Waals surface area contributed by atoms with Crippen LogP contribution in [-0.2, 0) is 9.53 Å². The SMILES string of the molecule is COC(=O)/C(=C/c1ccc(Cl)cc1)NC(=O)c1ccco1. The van der Waals surface area contributed by atoms with Gasteiger partial charge in [-0.3, -0.25) is 4.79 Å². The van der Waals surface area contributed by atoms with E-state index >= 15 is 0 Å². The fourth-order valence-electron chi connectivity index (χ4n) is 1.57. The molecule has 0 unspecified atom stereocenters. The van der Waals surface area contributed by atoms with Gasteiger partial charge in [-0.1, -0.05) is 23.7 Å². The average molecular weight is 306 g/mol. The number of esters is 1. The van der Waals surface area contributed by atoms with E-state index in [2.05, 4.69) is 10.1 Å². The van der Waals surface area contributed by atoms with E-state index in [1.807, 2.05) is 0 Å². The Bertz CT molecular complexity index is 659. The van der Waals surface area contributed by atoms with E-state index < -0.39 is 11.9 Å². The van der Waals surface area contributed by atoms with Gasteiger partial charge in [0.05, 0.1) is 13.4 Å². The average Bonchev–Trinajstić information content (AvgIpc) is 3.02. The highest BCUT2D eigenvalue weighted by molar-refractivity contribution is 6.30. The normalized spacial score (nSPS) is 11.0. The van der Waals surface area contributed by atoms with E-state index in [0.29, 0.717) is 10.6 Å². The van der Waals surface area contributed by atoms with Crippen LogP contribution in [0.5, 0.6) is 0 Å². The highest BCUT2D eigenvalue weighted by atomic mass is 35.5. The number of carbonyl (C=O) groups excluding carboxylic acids is 2. The summed E-state index contributed by atoms with van der Waals surface area (Å²) in [5, 5.41) is 3.03. The van der Waals surface area contributed by atoms with Crippen molar-refractivity contribution in [2.24, 2.45) is 0 Å². The molecule has 1 amide bonds. The van der Waals surface area contributed by atoms with E-state index in [4.69, 9.17) is 16.0 Å². The van der Waals surface area contributed by atoms with Gasteiger partial charge in [-0.05, 0) is 35.9 Å². The summed E-state index contributed by atoms with van der Waals surface area (Å²) < 4.78 is 9.61. The molecule has 0 aliphatic heterocycles. The maximum Gasteiger partial charge on any atom is 0.354 e. The Morgan fingerprint density at radius 1 is 1.24 bits per heavy atom. The van der Waals surface area contributed by atoms with E-state index in [-0.39, 0.29) is 11.5 Å². The molecule has 0 aliphatic carbocycles. The molecular formula is C15H12ClNO4. The Kier molecular flexibility index (Phi) is 4.79. The van der Waals surface area contributed by atoms with Gasteiger partial charge in [0.15, 0.2) is 5.76 Å². The van der Waals surface area contributed by atoms with Gasteiger partial charge in [0.2, 0.25) is 0 Å². The Morgan fingerprint density at radius 2 is 1.95 bits per heavy atom. The summed E-state index contributed by atoms with van der Waals surface area (Å²) in [5.41, 5.74) is 0.695. The molecule has 6 heteroatoms. The molecule has 2 rings (SSSR count). The molecule has 1 N–H and O–H groups in total. The highest BCUT2D eigenvalue weighted by Gasteiger charge is 2.16. The van der Waals surface area contributed by atoms with Crippen molar-refractivity contribution in [2.45, 2.75) is 0 Å². The number of benzene rings is 1. The van der Waals surface area contributed by atoms with E-state index in [0.717, 1.165) is 0 Å². The van der Waals surface area contributed by atoms with Crippen molar-refractivity contribution >= 4 is 29.6 Å². The second kappa shape index (κ2) is 6.76. The van der Waals surface area contributed by atoms with Crippen molar-refractivity contribution in [3.63, 3.8) is 0 Å². The molecule has 2 aromatic rings. The molecule has 1 heterocycles.